The van der Waals surface area contributed by atoms with Gasteiger partial charge in [0.1, 0.15) is 11.5 Å². The summed E-state index contributed by atoms with van der Waals surface area (Å²) >= 11 is 12.8. The van der Waals surface area contributed by atoms with Crippen molar-refractivity contribution in [1.29, 1.82) is 0 Å². The smallest absolute Gasteiger partial charge is 0.253 e. The maximum Gasteiger partial charge on any atom is 0.253 e. The lowest BCUT2D eigenvalue weighted by Gasteiger charge is -2.36. The molecule has 1 aliphatic rings. The lowest BCUT2D eigenvalue weighted by molar-refractivity contribution is -0.111. The van der Waals surface area contributed by atoms with Crippen molar-refractivity contribution in [3.8, 4) is 11.3 Å². The fraction of sp³-hybridized carbons (Fsp3) is 0.161. The summed E-state index contributed by atoms with van der Waals surface area (Å²) in [5, 5.41) is 4.04. The standard InChI is InChI=1S/C31H27Cl2N3O3/c1-21-7-8-23(19-26(21)32)29-13-10-25(39-29)11-14-30(37)34-24-9-12-28(27(33)20-24)35-15-17-36(18-16-35)31(38)22-5-3-2-4-6-22/h2-14,19-20H,15-18H2,1H3,(H,34,37)/b14-11+. The van der Waals surface area contributed by atoms with E-state index < -0.39 is 0 Å². The van der Waals surface area contributed by atoms with Crippen molar-refractivity contribution in [2.45, 2.75) is 6.92 Å². The van der Waals surface area contributed by atoms with E-state index >= 15 is 0 Å². The van der Waals surface area contributed by atoms with Gasteiger partial charge in [0.05, 0.1) is 10.7 Å². The zero-order chi connectivity index (χ0) is 27.4. The number of carbonyl (C=O) groups excluding carboxylic acids is 2. The van der Waals surface area contributed by atoms with E-state index in [-0.39, 0.29) is 11.8 Å². The van der Waals surface area contributed by atoms with Crippen LogP contribution in [0.2, 0.25) is 10.0 Å². The summed E-state index contributed by atoms with van der Waals surface area (Å²) in [6, 6.07) is 24.1. The van der Waals surface area contributed by atoms with E-state index in [1.165, 1.54) is 6.08 Å². The predicted molar refractivity (Wildman–Crippen MR) is 158 cm³/mol. The van der Waals surface area contributed by atoms with Crippen LogP contribution in [0.3, 0.4) is 0 Å². The second kappa shape index (κ2) is 11.8. The number of nitrogens with zero attached hydrogens (tertiary/aromatic N) is 2. The van der Waals surface area contributed by atoms with Crippen LogP contribution in [0.15, 0.2) is 89.4 Å². The first-order valence-electron chi connectivity index (χ1n) is 12.6. The second-order valence-corrected chi connectivity index (χ2v) is 10.1. The Morgan fingerprint density at radius 1 is 0.872 bits per heavy atom. The van der Waals surface area contributed by atoms with Crippen molar-refractivity contribution >= 4 is 52.5 Å². The maximum absolute atomic E-state index is 12.7. The number of hydrogen-bond acceptors (Lipinski definition) is 4. The Bertz CT molecular complexity index is 1520. The van der Waals surface area contributed by atoms with Crippen LogP contribution in [0.1, 0.15) is 21.7 Å². The van der Waals surface area contributed by atoms with Gasteiger partial charge in [-0.2, -0.15) is 0 Å². The van der Waals surface area contributed by atoms with Gasteiger partial charge in [-0.15, -0.1) is 0 Å². The summed E-state index contributed by atoms with van der Waals surface area (Å²) in [4.78, 5) is 29.2. The Labute approximate surface area is 237 Å². The van der Waals surface area contributed by atoms with E-state index in [9.17, 15) is 9.59 Å². The average molecular weight is 560 g/mol. The van der Waals surface area contributed by atoms with Crippen molar-refractivity contribution in [3.63, 3.8) is 0 Å². The van der Waals surface area contributed by atoms with E-state index in [1.807, 2.05) is 78.6 Å². The van der Waals surface area contributed by atoms with Crippen molar-refractivity contribution in [2.24, 2.45) is 0 Å². The fourth-order valence-electron chi connectivity index (χ4n) is 4.44. The molecule has 1 saturated heterocycles. The number of hydrogen-bond donors (Lipinski definition) is 1. The second-order valence-electron chi connectivity index (χ2n) is 9.30. The van der Waals surface area contributed by atoms with Crippen LogP contribution < -0.4 is 10.2 Å². The largest absolute Gasteiger partial charge is 0.457 e. The van der Waals surface area contributed by atoms with Gasteiger partial charge in [0.25, 0.3) is 5.91 Å². The van der Waals surface area contributed by atoms with E-state index in [4.69, 9.17) is 27.6 Å². The average Bonchev–Trinajstić information content (AvgIpc) is 3.43. The van der Waals surface area contributed by atoms with Crippen LogP contribution in [0, 0.1) is 6.92 Å². The number of amides is 2. The van der Waals surface area contributed by atoms with Crippen molar-refractivity contribution in [2.75, 3.05) is 36.4 Å². The lowest BCUT2D eigenvalue weighted by Crippen LogP contribution is -2.48. The van der Waals surface area contributed by atoms with E-state index in [2.05, 4.69) is 10.2 Å². The van der Waals surface area contributed by atoms with Gasteiger partial charge in [0.15, 0.2) is 0 Å². The lowest BCUT2D eigenvalue weighted by atomic mass is 10.1. The summed E-state index contributed by atoms with van der Waals surface area (Å²) in [5.41, 5.74) is 4.02. The van der Waals surface area contributed by atoms with Crippen LogP contribution in [0.25, 0.3) is 17.4 Å². The Hall–Kier alpha value is -4.00. The minimum atomic E-state index is -0.303. The summed E-state index contributed by atoms with van der Waals surface area (Å²) < 4.78 is 5.84. The Morgan fingerprint density at radius 3 is 2.36 bits per heavy atom. The highest BCUT2D eigenvalue weighted by Crippen LogP contribution is 2.30. The number of benzene rings is 3. The molecule has 1 fully saturated rings. The third-order valence-corrected chi connectivity index (χ3v) is 7.34. The SMILES string of the molecule is Cc1ccc(-c2ccc(/C=C/C(=O)Nc3ccc(N4CCN(C(=O)c5ccccc5)CC4)c(Cl)c3)o2)cc1Cl. The molecule has 0 atom stereocenters. The van der Waals surface area contributed by atoms with Gasteiger partial charge >= 0.3 is 0 Å². The Morgan fingerprint density at radius 2 is 1.64 bits per heavy atom. The van der Waals surface area contributed by atoms with Gasteiger partial charge in [-0.05, 0) is 67.1 Å². The predicted octanol–water partition coefficient (Wildman–Crippen LogP) is 7.18. The number of rotatable bonds is 6. The molecule has 0 radical (unpaired) electrons. The number of anilines is 2. The van der Waals surface area contributed by atoms with Gasteiger partial charge in [-0.3, -0.25) is 9.59 Å². The highest BCUT2D eigenvalue weighted by molar-refractivity contribution is 6.33. The van der Waals surface area contributed by atoms with E-state index in [1.54, 1.807) is 18.2 Å². The zero-order valence-electron chi connectivity index (χ0n) is 21.4. The molecular formula is C31H27Cl2N3O3. The highest BCUT2D eigenvalue weighted by Gasteiger charge is 2.23. The van der Waals surface area contributed by atoms with Gasteiger partial charge < -0.3 is 19.5 Å². The third-order valence-electron chi connectivity index (χ3n) is 6.63. The van der Waals surface area contributed by atoms with Crippen molar-refractivity contribution < 1.29 is 14.0 Å². The number of aryl methyl sites for hydroxylation is 1. The molecule has 0 unspecified atom stereocenters. The van der Waals surface area contributed by atoms with Gasteiger partial charge in [0.2, 0.25) is 5.91 Å². The molecule has 2 heterocycles. The Kier molecular flexibility index (Phi) is 8.05. The first-order valence-corrected chi connectivity index (χ1v) is 13.4. The molecule has 0 aliphatic carbocycles. The van der Waals surface area contributed by atoms with Crippen LogP contribution in [-0.2, 0) is 4.79 Å². The molecule has 2 amide bonds. The summed E-state index contributed by atoms with van der Waals surface area (Å²) in [5.74, 6) is 0.959. The van der Waals surface area contributed by atoms with Gasteiger partial charge in [-0.1, -0.05) is 53.5 Å². The molecule has 198 valence electrons. The zero-order valence-corrected chi connectivity index (χ0v) is 22.9. The summed E-state index contributed by atoms with van der Waals surface area (Å²) in [7, 11) is 0. The van der Waals surface area contributed by atoms with Gasteiger partial charge in [-0.25, -0.2) is 0 Å². The molecule has 3 aromatic carbocycles. The molecule has 1 aromatic heterocycles. The molecule has 0 saturated carbocycles. The third kappa shape index (κ3) is 6.36. The monoisotopic (exact) mass is 559 g/mol. The number of nitrogens with one attached hydrogen (secondary N) is 1. The molecule has 0 spiro atoms. The molecular weight excluding hydrogens is 533 g/mol. The van der Waals surface area contributed by atoms with Crippen LogP contribution in [-0.4, -0.2) is 42.9 Å². The topological polar surface area (TPSA) is 65.8 Å². The van der Waals surface area contributed by atoms with Crippen LogP contribution in [0.5, 0.6) is 0 Å². The fourth-order valence-corrected chi connectivity index (χ4v) is 4.92. The van der Waals surface area contributed by atoms with E-state index in [0.717, 1.165) is 16.8 Å². The first kappa shape index (κ1) is 26.6. The minimum Gasteiger partial charge on any atom is -0.457 e. The number of furan rings is 1. The quantitative estimate of drug-likeness (QED) is 0.254. The minimum absolute atomic E-state index is 0.0396. The molecule has 1 aliphatic heterocycles. The Balaban J connectivity index is 1.16. The molecule has 1 N–H and O–H groups in total. The normalized spacial score (nSPS) is 13.6. The maximum atomic E-state index is 12.7. The molecule has 0 bridgehead atoms. The number of halogens is 2. The number of piperazine rings is 1. The van der Waals surface area contributed by atoms with Crippen LogP contribution >= 0.6 is 23.2 Å². The highest BCUT2D eigenvalue weighted by atomic mass is 35.5. The molecule has 8 heteroatoms. The van der Waals surface area contributed by atoms with Crippen LogP contribution in [0.4, 0.5) is 11.4 Å². The van der Waals surface area contributed by atoms with Gasteiger partial charge in [0, 0.05) is 54.1 Å². The molecule has 39 heavy (non-hydrogen) atoms. The number of carbonyl (C=O) groups is 2. The first-order chi connectivity index (χ1) is 18.9. The molecule has 6 nitrogen and oxygen atoms in total. The van der Waals surface area contributed by atoms with Crippen molar-refractivity contribution in [1.82, 2.24) is 4.90 Å². The summed E-state index contributed by atoms with van der Waals surface area (Å²) in [6.45, 7) is 4.51. The summed E-state index contributed by atoms with van der Waals surface area (Å²) in [6.07, 6.45) is 3.02. The van der Waals surface area contributed by atoms with E-state index in [0.29, 0.717) is 59.0 Å². The molecule has 5 rings (SSSR count). The molecule has 4 aromatic rings. The van der Waals surface area contributed by atoms with Crippen molar-refractivity contribution in [3.05, 3.63) is 112 Å².